The van der Waals surface area contributed by atoms with Crippen molar-refractivity contribution in [2.45, 2.75) is 12.8 Å². The lowest BCUT2D eigenvalue weighted by Gasteiger charge is -1.98. The monoisotopic (exact) mass is 141 g/mol. The van der Waals surface area contributed by atoms with E-state index in [2.05, 4.69) is 4.74 Å². The van der Waals surface area contributed by atoms with Crippen LogP contribution in [0.1, 0.15) is 12.8 Å². The van der Waals surface area contributed by atoms with E-state index in [1.165, 1.54) is 7.11 Å². The van der Waals surface area contributed by atoms with Gasteiger partial charge in [0.2, 0.25) is 0 Å². The van der Waals surface area contributed by atoms with Crippen molar-refractivity contribution in [1.29, 1.82) is 0 Å². The second kappa shape index (κ2) is 2.73. The van der Waals surface area contributed by atoms with Crippen LogP contribution in [0.25, 0.3) is 0 Å². The predicted octanol–water partition coefficient (Wildman–Crippen LogP) is 0.343. The molecule has 1 aliphatic carbocycles. The van der Waals surface area contributed by atoms with Gasteiger partial charge in [0.1, 0.15) is 6.42 Å². The van der Waals surface area contributed by atoms with E-state index in [0.29, 0.717) is 12.8 Å². The number of ketones is 1. The van der Waals surface area contributed by atoms with Gasteiger partial charge in [-0.2, -0.15) is 0 Å². The van der Waals surface area contributed by atoms with Crippen molar-refractivity contribution in [2.75, 3.05) is 7.11 Å². The second-order valence-corrected chi connectivity index (χ2v) is 2.26. The predicted molar refractivity (Wildman–Crippen MR) is 34.0 cm³/mol. The summed E-state index contributed by atoms with van der Waals surface area (Å²) < 4.78 is 4.42. The molecule has 0 aliphatic heterocycles. The van der Waals surface area contributed by atoms with Gasteiger partial charge in [0.25, 0.3) is 0 Å². The molecule has 0 bridgehead atoms. The normalized spacial score (nSPS) is 24.1. The van der Waals surface area contributed by atoms with E-state index in [9.17, 15) is 9.59 Å². The third kappa shape index (κ3) is 1.12. The molecule has 0 aromatic heterocycles. The summed E-state index contributed by atoms with van der Waals surface area (Å²) in [4.78, 5) is 21.6. The zero-order chi connectivity index (χ0) is 7.56. The van der Waals surface area contributed by atoms with Crippen LogP contribution >= 0.6 is 0 Å². The Morgan fingerprint density at radius 1 is 1.80 bits per heavy atom. The molecule has 0 aromatic rings. The highest BCUT2D eigenvalue weighted by molar-refractivity contribution is 6.05. The molecule has 10 heavy (non-hydrogen) atoms. The Kier molecular flexibility index (Phi) is 1.94. The first-order valence-corrected chi connectivity index (χ1v) is 3.20. The van der Waals surface area contributed by atoms with Crippen molar-refractivity contribution in [1.82, 2.24) is 0 Å². The number of methoxy groups -OCH3 is 1. The van der Waals surface area contributed by atoms with Gasteiger partial charge < -0.3 is 4.74 Å². The molecule has 0 N–H and O–H groups in total. The van der Waals surface area contributed by atoms with Crippen molar-refractivity contribution < 1.29 is 14.3 Å². The average molecular weight is 141 g/mol. The van der Waals surface area contributed by atoms with Crippen molar-refractivity contribution in [3.05, 3.63) is 6.42 Å². The molecular formula is C7H9O3+. The van der Waals surface area contributed by atoms with Gasteiger partial charge >= 0.3 is 11.8 Å². The summed E-state index contributed by atoms with van der Waals surface area (Å²) in [7, 11) is 1.30. The van der Waals surface area contributed by atoms with Crippen LogP contribution in [0.3, 0.4) is 0 Å². The standard InChI is InChI=1S/C7H9O3/c1-10-7(9)5-3-2-4-6(5)8/h4-5H,2-3H2,1H3/q+1. The van der Waals surface area contributed by atoms with Crippen molar-refractivity contribution in [3.63, 3.8) is 0 Å². The summed E-state index contributed by atoms with van der Waals surface area (Å²) >= 11 is 0. The Bertz CT molecular complexity index is 162. The van der Waals surface area contributed by atoms with E-state index in [1.54, 1.807) is 6.42 Å². The maximum atomic E-state index is 10.8. The van der Waals surface area contributed by atoms with Gasteiger partial charge in [-0.1, -0.05) is 0 Å². The number of carbonyl (C=O) groups excluding carboxylic acids is 2. The summed E-state index contributed by atoms with van der Waals surface area (Å²) in [6.07, 6.45) is 2.87. The Morgan fingerprint density at radius 2 is 2.50 bits per heavy atom. The summed E-state index contributed by atoms with van der Waals surface area (Å²) in [6.45, 7) is 0. The van der Waals surface area contributed by atoms with Gasteiger partial charge in [-0.25, -0.2) is 4.79 Å². The smallest absolute Gasteiger partial charge is 0.321 e. The molecule has 1 unspecified atom stereocenters. The highest BCUT2D eigenvalue weighted by Crippen LogP contribution is 2.20. The Morgan fingerprint density at radius 3 is 2.90 bits per heavy atom. The van der Waals surface area contributed by atoms with E-state index in [4.69, 9.17) is 0 Å². The molecule has 0 spiro atoms. The van der Waals surface area contributed by atoms with Crippen LogP contribution in [-0.4, -0.2) is 18.9 Å². The molecule has 1 rings (SSSR count). The molecular weight excluding hydrogens is 132 g/mol. The molecule has 0 radical (unpaired) electrons. The van der Waals surface area contributed by atoms with Gasteiger partial charge in [0, 0.05) is 6.42 Å². The highest BCUT2D eigenvalue weighted by Gasteiger charge is 2.39. The average Bonchev–Trinajstić information content (AvgIpc) is 2.34. The first kappa shape index (κ1) is 7.12. The van der Waals surface area contributed by atoms with Gasteiger partial charge in [-0.05, 0) is 0 Å². The third-order valence-corrected chi connectivity index (χ3v) is 1.63. The van der Waals surface area contributed by atoms with Crippen LogP contribution in [0.2, 0.25) is 0 Å². The summed E-state index contributed by atoms with van der Waals surface area (Å²) in [5, 5.41) is 0. The SMILES string of the molecule is COC(=O)C1CC[CH+]C1=O. The fourth-order valence-corrected chi connectivity index (χ4v) is 1.05. The summed E-state index contributed by atoms with van der Waals surface area (Å²) in [6, 6.07) is 0. The van der Waals surface area contributed by atoms with E-state index < -0.39 is 11.9 Å². The molecule has 1 saturated carbocycles. The van der Waals surface area contributed by atoms with Gasteiger partial charge in [0.05, 0.1) is 13.5 Å². The van der Waals surface area contributed by atoms with Crippen molar-refractivity contribution >= 4 is 11.8 Å². The fraction of sp³-hybridized carbons (Fsp3) is 0.571. The van der Waals surface area contributed by atoms with Gasteiger partial charge in [0.15, 0.2) is 5.92 Å². The van der Waals surface area contributed by atoms with E-state index in [1.807, 2.05) is 0 Å². The Balaban J connectivity index is 2.55. The maximum Gasteiger partial charge on any atom is 0.321 e. The second-order valence-electron chi connectivity index (χ2n) is 2.26. The summed E-state index contributed by atoms with van der Waals surface area (Å²) in [5.41, 5.74) is 0. The summed E-state index contributed by atoms with van der Waals surface area (Å²) in [5.74, 6) is -1.00. The number of carbonyl (C=O) groups is 2. The fourth-order valence-electron chi connectivity index (χ4n) is 1.05. The third-order valence-electron chi connectivity index (χ3n) is 1.63. The van der Waals surface area contributed by atoms with E-state index in [0.717, 1.165) is 0 Å². The van der Waals surface area contributed by atoms with Crippen LogP contribution in [0.15, 0.2) is 0 Å². The largest absolute Gasteiger partial charge is 0.468 e. The minimum absolute atomic E-state index is 0.0909. The highest BCUT2D eigenvalue weighted by atomic mass is 16.5. The molecule has 0 aromatic carbocycles. The molecule has 1 fully saturated rings. The maximum absolute atomic E-state index is 10.8. The Hall–Kier alpha value is -0.990. The number of esters is 1. The first-order chi connectivity index (χ1) is 4.75. The molecule has 3 nitrogen and oxygen atoms in total. The molecule has 1 atom stereocenters. The lowest BCUT2D eigenvalue weighted by molar-refractivity contribution is -0.147. The zero-order valence-electron chi connectivity index (χ0n) is 5.79. The molecule has 54 valence electrons. The van der Waals surface area contributed by atoms with Crippen LogP contribution < -0.4 is 0 Å². The number of hydrogen-bond donors (Lipinski definition) is 0. The minimum Gasteiger partial charge on any atom is -0.468 e. The Labute approximate surface area is 59.4 Å². The van der Waals surface area contributed by atoms with Crippen LogP contribution in [-0.2, 0) is 14.3 Å². The number of rotatable bonds is 1. The van der Waals surface area contributed by atoms with Crippen LogP contribution in [0.5, 0.6) is 0 Å². The molecule has 0 heterocycles. The van der Waals surface area contributed by atoms with Crippen LogP contribution in [0, 0.1) is 12.3 Å². The first-order valence-electron chi connectivity index (χ1n) is 3.20. The minimum atomic E-state index is -0.509. The molecule has 1 aliphatic rings. The van der Waals surface area contributed by atoms with E-state index in [-0.39, 0.29) is 5.78 Å². The molecule has 3 heteroatoms. The number of ether oxygens (including phenoxy) is 1. The molecule has 0 saturated heterocycles. The van der Waals surface area contributed by atoms with Gasteiger partial charge in [-0.3, -0.25) is 4.79 Å². The lowest BCUT2D eigenvalue weighted by atomic mass is 10.1. The lowest BCUT2D eigenvalue weighted by Crippen LogP contribution is -2.19. The quantitative estimate of drug-likeness (QED) is 0.300. The molecule has 0 amide bonds. The van der Waals surface area contributed by atoms with Crippen molar-refractivity contribution in [3.8, 4) is 0 Å². The number of hydrogen-bond acceptors (Lipinski definition) is 3. The van der Waals surface area contributed by atoms with Crippen LogP contribution in [0.4, 0.5) is 0 Å². The topological polar surface area (TPSA) is 43.4 Å². The number of Topliss-reactive ketones (excluding diaryl/α,β-unsaturated/α-hetero) is 1. The van der Waals surface area contributed by atoms with E-state index >= 15 is 0 Å². The zero-order valence-corrected chi connectivity index (χ0v) is 5.79. The van der Waals surface area contributed by atoms with Gasteiger partial charge in [-0.15, -0.1) is 0 Å². The van der Waals surface area contributed by atoms with Crippen molar-refractivity contribution in [2.24, 2.45) is 5.92 Å².